The van der Waals surface area contributed by atoms with Gasteiger partial charge in [0.05, 0.1) is 6.61 Å². The SMILES string of the molecule is CN(CCO)c1nccc(-n2cncn2)n1. The Morgan fingerprint density at radius 3 is 3.06 bits per heavy atom. The Kier molecular flexibility index (Phi) is 3.06. The Morgan fingerprint density at radius 1 is 1.50 bits per heavy atom. The first-order valence-electron chi connectivity index (χ1n) is 4.81. The molecule has 0 amide bonds. The molecular weight excluding hydrogens is 208 g/mol. The van der Waals surface area contributed by atoms with E-state index in [4.69, 9.17) is 5.11 Å². The molecule has 0 bridgehead atoms. The molecule has 2 aromatic heterocycles. The summed E-state index contributed by atoms with van der Waals surface area (Å²) in [4.78, 5) is 14.0. The van der Waals surface area contributed by atoms with E-state index in [0.29, 0.717) is 18.3 Å². The van der Waals surface area contributed by atoms with Gasteiger partial charge in [-0.15, -0.1) is 0 Å². The van der Waals surface area contributed by atoms with Crippen LogP contribution in [-0.4, -0.2) is 50.0 Å². The zero-order valence-electron chi connectivity index (χ0n) is 8.85. The van der Waals surface area contributed by atoms with Crippen LogP contribution in [0.1, 0.15) is 0 Å². The van der Waals surface area contributed by atoms with Crippen LogP contribution >= 0.6 is 0 Å². The molecule has 0 aliphatic carbocycles. The third-order valence-electron chi connectivity index (χ3n) is 2.06. The lowest BCUT2D eigenvalue weighted by atomic mass is 10.5. The first-order chi connectivity index (χ1) is 7.81. The summed E-state index contributed by atoms with van der Waals surface area (Å²) >= 11 is 0. The smallest absolute Gasteiger partial charge is 0.227 e. The van der Waals surface area contributed by atoms with Crippen molar-refractivity contribution in [2.75, 3.05) is 25.1 Å². The molecule has 0 saturated heterocycles. The summed E-state index contributed by atoms with van der Waals surface area (Å²) in [5.74, 6) is 1.19. The maximum Gasteiger partial charge on any atom is 0.227 e. The molecule has 7 heteroatoms. The summed E-state index contributed by atoms with van der Waals surface area (Å²) in [6.07, 6.45) is 4.66. The van der Waals surface area contributed by atoms with E-state index in [0.717, 1.165) is 0 Å². The van der Waals surface area contributed by atoms with Gasteiger partial charge in [0.25, 0.3) is 0 Å². The van der Waals surface area contributed by atoms with E-state index in [1.807, 2.05) is 7.05 Å². The van der Waals surface area contributed by atoms with Crippen molar-refractivity contribution in [1.29, 1.82) is 0 Å². The van der Waals surface area contributed by atoms with E-state index in [2.05, 4.69) is 20.1 Å². The second-order valence-corrected chi connectivity index (χ2v) is 3.20. The van der Waals surface area contributed by atoms with E-state index >= 15 is 0 Å². The molecule has 0 spiro atoms. The molecule has 2 heterocycles. The maximum atomic E-state index is 8.83. The van der Waals surface area contributed by atoms with Gasteiger partial charge in [0.2, 0.25) is 5.95 Å². The van der Waals surface area contributed by atoms with Gasteiger partial charge in [0.1, 0.15) is 12.7 Å². The predicted molar refractivity (Wildman–Crippen MR) is 57.3 cm³/mol. The lowest BCUT2D eigenvalue weighted by molar-refractivity contribution is 0.303. The van der Waals surface area contributed by atoms with Gasteiger partial charge in [0, 0.05) is 25.9 Å². The van der Waals surface area contributed by atoms with E-state index in [-0.39, 0.29) is 6.61 Å². The molecule has 16 heavy (non-hydrogen) atoms. The van der Waals surface area contributed by atoms with Crippen molar-refractivity contribution in [3.8, 4) is 5.82 Å². The second kappa shape index (κ2) is 4.67. The first-order valence-corrected chi connectivity index (χ1v) is 4.81. The highest BCUT2D eigenvalue weighted by atomic mass is 16.3. The van der Waals surface area contributed by atoms with E-state index in [9.17, 15) is 0 Å². The van der Waals surface area contributed by atoms with Gasteiger partial charge in [0.15, 0.2) is 5.82 Å². The molecule has 0 radical (unpaired) electrons. The molecule has 2 rings (SSSR count). The average molecular weight is 220 g/mol. The number of hydrogen-bond acceptors (Lipinski definition) is 6. The largest absolute Gasteiger partial charge is 0.395 e. The minimum absolute atomic E-state index is 0.0629. The minimum Gasteiger partial charge on any atom is -0.395 e. The molecule has 0 fully saturated rings. The lowest BCUT2D eigenvalue weighted by Crippen LogP contribution is -2.23. The summed E-state index contributed by atoms with van der Waals surface area (Å²) in [5, 5.41) is 12.8. The van der Waals surface area contributed by atoms with Crippen LogP contribution in [0.5, 0.6) is 0 Å². The van der Waals surface area contributed by atoms with Gasteiger partial charge in [-0.1, -0.05) is 0 Å². The van der Waals surface area contributed by atoms with Crippen molar-refractivity contribution in [3.63, 3.8) is 0 Å². The van der Waals surface area contributed by atoms with Gasteiger partial charge in [-0.3, -0.25) is 0 Å². The Hall–Kier alpha value is -2.02. The third-order valence-corrected chi connectivity index (χ3v) is 2.06. The topological polar surface area (TPSA) is 80.0 Å². The highest BCUT2D eigenvalue weighted by molar-refractivity contribution is 5.33. The lowest BCUT2D eigenvalue weighted by Gasteiger charge is -2.15. The van der Waals surface area contributed by atoms with Crippen LogP contribution < -0.4 is 4.90 Å². The van der Waals surface area contributed by atoms with Gasteiger partial charge < -0.3 is 10.0 Å². The molecule has 0 aromatic carbocycles. The van der Waals surface area contributed by atoms with Crippen LogP contribution in [0, 0.1) is 0 Å². The summed E-state index contributed by atoms with van der Waals surface area (Å²) < 4.78 is 1.55. The van der Waals surface area contributed by atoms with Crippen LogP contribution in [0.15, 0.2) is 24.9 Å². The molecular formula is C9H12N6O. The zero-order valence-corrected chi connectivity index (χ0v) is 8.85. The number of aliphatic hydroxyl groups excluding tert-OH is 1. The fourth-order valence-corrected chi connectivity index (χ4v) is 1.23. The molecule has 0 atom stereocenters. The Bertz CT molecular complexity index is 443. The number of nitrogens with zero attached hydrogens (tertiary/aromatic N) is 6. The summed E-state index contributed by atoms with van der Waals surface area (Å²) in [6, 6.07) is 1.74. The number of hydrogen-bond donors (Lipinski definition) is 1. The zero-order chi connectivity index (χ0) is 11.4. The molecule has 84 valence electrons. The van der Waals surface area contributed by atoms with Crippen molar-refractivity contribution < 1.29 is 5.11 Å². The Balaban J connectivity index is 2.26. The molecule has 0 aliphatic rings. The first kappa shape index (κ1) is 10.5. The number of aromatic nitrogens is 5. The second-order valence-electron chi connectivity index (χ2n) is 3.20. The summed E-state index contributed by atoms with van der Waals surface area (Å²) in [5.41, 5.74) is 0. The van der Waals surface area contributed by atoms with Crippen molar-refractivity contribution in [1.82, 2.24) is 24.7 Å². The molecule has 1 N–H and O–H groups in total. The van der Waals surface area contributed by atoms with E-state index in [1.165, 1.54) is 6.33 Å². The van der Waals surface area contributed by atoms with E-state index in [1.54, 1.807) is 28.2 Å². The van der Waals surface area contributed by atoms with Crippen LogP contribution in [0.25, 0.3) is 5.82 Å². The number of likely N-dealkylation sites (N-methyl/N-ethyl adjacent to an activating group) is 1. The van der Waals surface area contributed by atoms with Crippen molar-refractivity contribution >= 4 is 5.95 Å². The highest BCUT2D eigenvalue weighted by Gasteiger charge is 2.05. The van der Waals surface area contributed by atoms with Gasteiger partial charge in [-0.25, -0.2) is 14.6 Å². The standard InChI is InChI=1S/C9H12N6O/c1-14(4-5-16)9-11-3-2-8(13-9)15-7-10-6-12-15/h2-3,6-7,16H,4-5H2,1H3. The Labute approximate surface area is 92.4 Å². The highest BCUT2D eigenvalue weighted by Crippen LogP contribution is 2.07. The van der Waals surface area contributed by atoms with Crippen LogP contribution in [0.4, 0.5) is 5.95 Å². The minimum atomic E-state index is 0.0629. The quantitative estimate of drug-likeness (QED) is 0.747. The van der Waals surface area contributed by atoms with Crippen LogP contribution in [0.3, 0.4) is 0 Å². The maximum absolute atomic E-state index is 8.83. The molecule has 2 aromatic rings. The van der Waals surface area contributed by atoms with Gasteiger partial charge in [-0.2, -0.15) is 10.1 Å². The monoisotopic (exact) mass is 220 g/mol. The number of anilines is 1. The molecule has 0 saturated carbocycles. The molecule has 7 nitrogen and oxygen atoms in total. The third kappa shape index (κ3) is 2.14. The molecule has 0 unspecified atom stereocenters. The van der Waals surface area contributed by atoms with Gasteiger partial charge >= 0.3 is 0 Å². The fourth-order valence-electron chi connectivity index (χ4n) is 1.23. The van der Waals surface area contributed by atoms with Crippen molar-refractivity contribution in [2.24, 2.45) is 0 Å². The van der Waals surface area contributed by atoms with Crippen molar-refractivity contribution in [3.05, 3.63) is 24.9 Å². The van der Waals surface area contributed by atoms with Crippen LogP contribution in [-0.2, 0) is 0 Å². The predicted octanol–water partition coefficient (Wildman–Crippen LogP) is -0.514. The number of rotatable bonds is 4. The number of aliphatic hydroxyl groups is 1. The fraction of sp³-hybridized carbons (Fsp3) is 0.333. The molecule has 0 aliphatic heterocycles. The van der Waals surface area contributed by atoms with Crippen molar-refractivity contribution in [2.45, 2.75) is 0 Å². The van der Waals surface area contributed by atoms with Gasteiger partial charge in [-0.05, 0) is 0 Å². The summed E-state index contributed by atoms with van der Waals surface area (Å²) in [6.45, 7) is 0.550. The van der Waals surface area contributed by atoms with E-state index < -0.39 is 0 Å². The van der Waals surface area contributed by atoms with Crippen LogP contribution in [0.2, 0.25) is 0 Å². The normalized spacial score (nSPS) is 10.4. The summed E-state index contributed by atoms with van der Waals surface area (Å²) in [7, 11) is 1.82. The Morgan fingerprint density at radius 2 is 2.38 bits per heavy atom. The average Bonchev–Trinajstić information content (AvgIpc) is 2.83.